The summed E-state index contributed by atoms with van der Waals surface area (Å²) in [4.78, 5) is 19.2. The minimum absolute atomic E-state index is 0.123. The fourth-order valence-corrected chi connectivity index (χ4v) is 5.68. The lowest BCUT2D eigenvalue weighted by Gasteiger charge is -2.45. The van der Waals surface area contributed by atoms with E-state index in [1.165, 1.54) is 66.9 Å². The van der Waals surface area contributed by atoms with Crippen LogP contribution in [0.3, 0.4) is 0 Å². The molecule has 1 aliphatic carbocycles. The largest absolute Gasteiger partial charge is 0.468 e. The Labute approximate surface area is 178 Å². The highest BCUT2D eigenvalue weighted by Gasteiger charge is 2.43. The Morgan fingerprint density at radius 2 is 1.77 bits per heavy atom. The third kappa shape index (κ3) is 3.43. The Morgan fingerprint density at radius 3 is 2.53 bits per heavy atom. The molecule has 2 heterocycles. The van der Waals surface area contributed by atoms with Gasteiger partial charge < -0.3 is 9.72 Å². The molecule has 0 unspecified atom stereocenters. The standard InChI is InChI=1S/C26H30N2O2/c1-30-26(29)23-16-21-20-14-8-9-15-22(20)27-24(21)25(19-12-6-3-7-13-19)28(23)17-18-10-4-2-5-11-18/h2,4-5,8-11,14-15,19,23,25,27H,3,6-7,12-13,16-17H2,1H3/t23-,25+/m0/s1. The summed E-state index contributed by atoms with van der Waals surface area (Å²) in [5, 5.41) is 1.25. The minimum Gasteiger partial charge on any atom is -0.468 e. The summed E-state index contributed by atoms with van der Waals surface area (Å²) >= 11 is 0. The van der Waals surface area contributed by atoms with E-state index in [0.29, 0.717) is 12.3 Å². The zero-order chi connectivity index (χ0) is 20.5. The Morgan fingerprint density at radius 1 is 1.03 bits per heavy atom. The Balaban J connectivity index is 1.64. The first kappa shape index (κ1) is 19.4. The Hall–Kier alpha value is -2.59. The maximum absolute atomic E-state index is 13.0. The van der Waals surface area contributed by atoms with E-state index < -0.39 is 0 Å². The molecule has 0 bridgehead atoms. The summed E-state index contributed by atoms with van der Waals surface area (Å²) in [6.07, 6.45) is 7.01. The van der Waals surface area contributed by atoms with Gasteiger partial charge in [-0.15, -0.1) is 0 Å². The van der Waals surface area contributed by atoms with E-state index in [-0.39, 0.29) is 18.1 Å². The number of aromatic amines is 1. The monoisotopic (exact) mass is 402 g/mol. The molecule has 3 aromatic rings. The molecule has 1 N–H and O–H groups in total. The average molecular weight is 403 g/mol. The number of esters is 1. The van der Waals surface area contributed by atoms with Crippen LogP contribution in [0.5, 0.6) is 0 Å². The fraction of sp³-hybridized carbons (Fsp3) is 0.423. The third-order valence-corrected chi connectivity index (χ3v) is 7.08. The van der Waals surface area contributed by atoms with Gasteiger partial charge in [-0.2, -0.15) is 0 Å². The lowest BCUT2D eigenvalue weighted by Crippen LogP contribution is -2.50. The number of aromatic nitrogens is 1. The van der Waals surface area contributed by atoms with Gasteiger partial charge in [0.1, 0.15) is 6.04 Å². The van der Waals surface area contributed by atoms with Gasteiger partial charge in [-0.25, -0.2) is 0 Å². The molecule has 1 saturated carbocycles. The van der Waals surface area contributed by atoms with E-state index in [1.54, 1.807) is 0 Å². The van der Waals surface area contributed by atoms with Crippen molar-refractivity contribution in [2.75, 3.05) is 7.11 Å². The van der Waals surface area contributed by atoms with E-state index in [2.05, 4.69) is 58.4 Å². The van der Waals surface area contributed by atoms with Crippen LogP contribution in [0.2, 0.25) is 0 Å². The highest BCUT2D eigenvalue weighted by atomic mass is 16.5. The summed E-state index contributed by atoms with van der Waals surface area (Å²) < 4.78 is 5.31. The maximum Gasteiger partial charge on any atom is 0.323 e. The molecule has 1 fully saturated rings. The van der Waals surface area contributed by atoms with Crippen LogP contribution in [0.15, 0.2) is 54.6 Å². The molecule has 0 spiro atoms. The van der Waals surface area contributed by atoms with Crippen molar-refractivity contribution < 1.29 is 9.53 Å². The predicted molar refractivity (Wildman–Crippen MR) is 119 cm³/mol. The maximum atomic E-state index is 13.0. The minimum atomic E-state index is -0.256. The summed E-state index contributed by atoms with van der Waals surface area (Å²) in [5.74, 6) is 0.435. The van der Waals surface area contributed by atoms with E-state index in [9.17, 15) is 4.79 Å². The van der Waals surface area contributed by atoms with Crippen LogP contribution < -0.4 is 0 Å². The van der Waals surface area contributed by atoms with Gasteiger partial charge in [0.05, 0.1) is 13.2 Å². The van der Waals surface area contributed by atoms with Crippen molar-refractivity contribution in [2.24, 2.45) is 5.92 Å². The number of fused-ring (bicyclic) bond motifs is 3. The first-order chi connectivity index (χ1) is 14.8. The van der Waals surface area contributed by atoms with Gasteiger partial charge in [0.25, 0.3) is 0 Å². The van der Waals surface area contributed by atoms with Gasteiger partial charge in [-0.1, -0.05) is 67.8 Å². The molecule has 4 heteroatoms. The van der Waals surface area contributed by atoms with Crippen LogP contribution in [-0.2, 0) is 22.5 Å². The van der Waals surface area contributed by atoms with Gasteiger partial charge in [0, 0.05) is 29.6 Å². The van der Waals surface area contributed by atoms with Crippen molar-refractivity contribution in [1.82, 2.24) is 9.88 Å². The van der Waals surface area contributed by atoms with E-state index in [0.717, 1.165) is 6.54 Å². The number of nitrogens with one attached hydrogen (secondary N) is 1. The number of methoxy groups -OCH3 is 1. The molecule has 5 rings (SSSR count). The van der Waals surface area contributed by atoms with Crippen molar-refractivity contribution in [2.45, 2.75) is 57.2 Å². The van der Waals surface area contributed by atoms with Crippen molar-refractivity contribution in [1.29, 1.82) is 0 Å². The predicted octanol–water partition coefficient (Wildman–Crippen LogP) is 5.39. The zero-order valence-electron chi connectivity index (χ0n) is 17.6. The van der Waals surface area contributed by atoms with Crippen LogP contribution in [0, 0.1) is 5.92 Å². The molecule has 0 saturated heterocycles. The van der Waals surface area contributed by atoms with E-state index in [1.807, 2.05) is 6.07 Å². The van der Waals surface area contributed by atoms with Crippen LogP contribution in [0.1, 0.15) is 55.0 Å². The summed E-state index contributed by atoms with van der Waals surface area (Å²) in [5.41, 5.74) is 5.04. The molecule has 4 nitrogen and oxygen atoms in total. The van der Waals surface area contributed by atoms with Crippen molar-refractivity contribution in [3.8, 4) is 0 Å². The zero-order valence-corrected chi connectivity index (χ0v) is 17.6. The van der Waals surface area contributed by atoms with Gasteiger partial charge >= 0.3 is 5.97 Å². The molecule has 1 aliphatic heterocycles. The lowest BCUT2D eigenvalue weighted by molar-refractivity contribution is -0.150. The normalized spacial score (nSPS) is 22.7. The molecular weight excluding hydrogens is 372 g/mol. The van der Waals surface area contributed by atoms with Crippen molar-refractivity contribution in [3.05, 3.63) is 71.4 Å². The number of carbonyl (C=O) groups is 1. The second-order valence-corrected chi connectivity index (χ2v) is 8.81. The third-order valence-electron chi connectivity index (χ3n) is 7.08. The first-order valence-corrected chi connectivity index (χ1v) is 11.2. The first-order valence-electron chi connectivity index (χ1n) is 11.2. The van der Waals surface area contributed by atoms with Gasteiger partial charge in [-0.05, 0) is 36.0 Å². The second-order valence-electron chi connectivity index (χ2n) is 8.81. The molecule has 1 aromatic heterocycles. The number of ether oxygens (including phenoxy) is 1. The molecule has 2 aromatic carbocycles. The molecule has 156 valence electrons. The van der Waals surface area contributed by atoms with Crippen LogP contribution in [0.25, 0.3) is 10.9 Å². The average Bonchev–Trinajstić information content (AvgIpc) is 3.17. The molecule has 2 aliphatic rings. The van der Waals surface area contributed by atoms with E-state index in [4.69, 9.17) is 4.74 Å². The van der Waals surface area contributed by atoms with Gasteiger partial charge in [-0.3, -0.25) is 9.69 Å². The SMILES string of the molecule is COC(=O)[C@@H]1Cc2c([nH]c3ccccc23)[C@@H](C2CCCCC2)N1Cc1ccccc1. The quantitative estimate of drug-likeness (QED) is 0.595. The van der Waals surface area contributed by atoms with E-state index >= 15 is 0 Å². The highest BCUT2D eigenvalue weighted by molar-refractivity contribution is 5.87. The summed E-state index contributed by atoms with van der Waals surface area (Å²) in [6, 6.07) is 19.0. The number of rotatable bonds is 4. The fourth-order valence-electron chi connectivity index (χ4n) is 5.68. The molecule has 2 atom stereocenters. The Bertz CT molecular complexity index is 1020. The lowest BCUT2D eigenvalue weighted by atomic mass is 9.77. The van der Waals surface area contributed by atoms with Crippen molar-refractivity contribution >= 4 is 16.9 Å². The number of carbonyl (C=O) groups excluding carboxylic acids is 1. The molecular formula is C26H30N2O2. The molecule has 0 amide bonds. The number of nitrogens with zero attached hydrogens (tertiary/aromatic N) is 1. The van der Waals surface area contributed by atoms with Crippen LogP contribution in [0.4, 0.5) is 0 Å². The molecule has 30 heavy (non-hydrogen) atoms. The topological polar surface area (TPSA) is 45.3 Å². The number of para-hydroxylation sites is 1. The number of hydrogen-bond donors (Lipinski definition) is 1. The number of hydrogen-bond acceptors (Lipinski definition) is 3. The summed E-state index contributed by atoms with van der Waals surface area (Å²) in [6.45, 7) is 0.760. The number of H-pyrrole nitrogens is 1. The van der Waals surface area contributed by atoms with Crippen molar-refractivity contribution in [3.63, 3.8) is 0 Å². The Kier molecular flexibility index (Phi) is 5.34. The van der Waals surface area contributed by atoms with Crippen LogP contribution in [-0.4, -0.2) is 29.0 Å². The second kappa shape index (κ2) is 8.27. The van der Waals surface area contributed by atoms with Gasteiger partial charge in [0.2, 0.25) is 0 Å². The highest BCUT2D eigenvalue weighted by Crippen LogP contribution is 2.46. The van der Waals surface area contributed by atoms with Crippen LogP contribution >= 0.6 is 0 Å². The number of benzene rings is 2. The van der Waals surface area contributed by atoms with Gasteiger partial charge in [0.15, 0.2) is 0 Å². The molecule has 0 radical (unpaired) electrons. The summed E-state index contributed by atoms with van der Waals surface area (Å²) in [7, 11) is 1.52. The smallest absolute Gasteiger partial charge is 0.323 e.